The third kappa shape index (κ3) is 5.34. The average Bonchev–Trinajstić information content (AvgIpc) is 3.79. The van der Waals surface area contributed by atoms with Gasteiger partial charge in [0.1, 0.15) is 0 Å². The maximum absolute atomic E-state index is 2.46. The van der Waals surface area contributed by atoms with Crippen molar-refractivity contribution in [1.82, 2.24) is 9.13 Å². The largest absolute Gasteiger partial charge is 0.309 e. The van der Waals surface area contributed by atoms with Crippen LogP contribution in [0.15, 0.2) is 218 Å². The fourth-order valence-corrected chi connectivity index (χ4v) is 8.63. The summed E-state index contributed by atoms with van der Waals surface area (Å²) in [6, 6.07) is 79.5. The molecule has 0 unspecified atom stereocenters. The summed E-state index contributed by atoms with van der Waals surface area (Å²) in [5.74, 6) is 0. The summed E-state index contributed by atoms with van der Waals surface area (Å²) in [7, 11) is 0. The van der Waals surface area contributed by atoms with Crippen molar-refractivity contribution in [2.24, 2.45) is 0 Å². The number of hydrogen-bond donors (Lipinski definition) is 0. The van der Waals surface area contributed by atoms with Crippen molar-refractivity contribution < 1.29 is 0 Å². The zero-order valence-corrected chi connectivity index (χ0v) is 30.7. The summed E-state index contributed by atoms with van der Waals surface area (Å²) in [6.45, 7) is 0. The number of nitrogens with zero attached hydrogens (tertiary/aromatic N) is 2. The molecule has 0 amide bonds. The van der Waals surface area contributed by atoms with Gasteiger partial charge in [-0.1, -0.05) is 158 Å². The molecule has 2 heterocycles. The molecule has 0 saturated heterocycles. The fourth-order valence-electron chi connectivity index (χ4n) is 8.63. The molecule has 262 valence electrons. The lowest BCUT2D eigenvalue weighted by molar-refractivity contribution is 1.18. The smallest absolute Gasteiger partial charge is 0.0547 e. The number of benzene rings is 9. The molecular weight excluding hydrogens is 677 g/mol. The van der Waals surface area contributed by atoms with Crippen LogP contribution in [-0.4, -0.2) is 9.13 Å². The van der Waals surface area contributed by atoms with E-state index in [4.69, 9.17) is 0 Å². The minimum Gasteiger partial charge on any atom is -0.309 e. The molecule has 0 aliphatic carbocycles. The van der Waals surface area contributed by atoms with Gasteiger partial charge in [-0.15, -0.1) is 0 Å². The second kappa shape index (κ2) is 13.2. The Morgan fingerprint density at radius 3 is 1.25 bits per heavy atom. The topological polar surface area (TPSA) is 9.86 Å². The third-order valence-corrected chi connectivity index (χ3v) is 11.3. The maximum atomic E-state index is 2.46. The van der Waals surface area contributed by atoms with Crippen LogP contribution in [-0.2, 0) is 0 Å². The van der Waals surface area contributed by atoms with Crippen molar-refractivity contribution in [3.63, 3.8) is 0 Å². The number of para-hydroxylation sites is 3. The molecule has 9 aromatic carbocycles. The van der Waals surface area contributed by atoms with Gasteiger partial charge in [0.2, 0.25) is 0 Å². The first kappa shape index (κ1) is 32.0. The number of aromatic nitrogens is 2. The van der Waals surface area contributed by atoms with E-state index in [9.17, 15) is 0 Å². The Morgan fingerprint density at radius 1 is 0.196 bits per heavy atom. The molecule has 2 heteroatoms. The first-order valence-corrected chi connectivity index (χ1v) is 19.3. The van der Waals surface area contributed by atoms with Crippen molar-refractivity contribution in [2.75, 3.05) is 0 Å². The van der Waals surface area contributed by atoms with Gasteiger partial charge >= 0.3 is 0 Å². The SMILES string of the molecule is c1ccc(-c2ccc(-c3cc(-c4ccccc4)cc(-n4c5ccccc5c5ccc(-c6ccc7c(c6)c6ccccc6n7-c6ccccc6)cc54)c3)cc2)cc1. The number of hydrogen-bond acceptors (Lipinski definition) is 0. The van der Waals surface area contributed by atoms with E-state index >= 15 is 0 Å². The van der Waals surface area contributed by atoms with Gasteiger partial charge < -0.3 is 9.13 Å². The summed E-state index contributed by atoms with van der Waals surface area (Å²) in [4.78, 5) is 0. The zero-order valence-electron chi connectivity index (χ0n) is 30.7. The highest BCUT2D eigenvalue weighted by Crippen LogP contribution is 2.40. The Hall–Kier alpha value is -7.42. The molecule has 2 nitrogen and oxygen atoms in total. The van der Waals surface area contributed by atoms with Crippen molar-refractivity contribution in [2.45, 2.75) is 0 Å². The molecular formula is C54H36N2. The highest BCUT2D eigenvalue weighted by molar-refractivity contribution is 6.12. The molecule has 56 heavy (non-hydrogen) atoms. The Morgan fingerprint density at radius 2 is 0.607 bits per heavy atom. The Labute approximate surface area is 325 Å². The summed E-state index contributed by atoms with van der Waals surface area (Å²) in [5.41, 5.74) is 16.7. The van der Waals surface area contributed by atoms with Crippen LogP contribution in [0.1, 0.15) is 0 Å². The monoisotopic (exact) mass is 712 g/mol. The summed E-state index contributed by atoms with van der Waals surface area (Å²) in [5, 5.41) is 4.99. The van der Waals surface area contributed by atoms with Gasteiger partial charge in [0.15, 0.2) is 0 Å². The Balaban J connectivity index is 1.10. The van der Waals surface area contributed by atoms with Gasteiger partial charge in [0, 0.05) is 32.9 Å². The van der Waals surface area contributed by atoms with E-state index in [0.717, 1.165) is 5.69 Å². The molecule has 0 bridgehead atoms. The van der Waals surface area contributed by atoms with Crippen molar-refractivity contribution in [3.05, 3.63) is 218 Å². The quantitative estimate of drug-likeness (QED) is 0.162. The third-order valence-electron chi connectivity index (χ3n) is 11.3. The maximum Gasteiger partial charge on any atom is 0.0547 e. The predicted molar refractivity (Wildman–Crippen MR) is 237 cm³/mol. The van der Waals surface area contributed by atoms with E-state index in [-0.39, 0.29) is 0 Å². The van der Waals surface area contributed by atoms with Gasteiger partial charge in [0.05, 0.1) is 22.1 Å². The minimum absolute atomic E-state index is 1.14. The lowest BCUT2D eigenvalue weighted by Gasteiger charge is -2.15. The molecule has 2 aromatic heterocycles. The second-order valence-electron chi connectivity index (χ2n) is 14.6. The van der Waals surface area contributed by atoms with E-state index in [1.165, 1.54) is 93.8 Å². The summed E-state index contributed by atoms with van der Waals surface area (Å²) < 4.78 is 4.84. The molecule has 0 spiro atoms. The predicted octanol–water partition coefficient (Wildman–Crippen LogP) is 14.5. The second-order valence-corrected chi connectivity index (χ2v) is 14.6. The number of rotatable bonds is 6. The van der Waals surface area contributed by atoms with E-state index in [2.05, 4.69) is 228 Å². The molecule has 0 aliphatic rings. The first-order chi connectivity index (χ1) is 27.8. The van der Waals surface area contributed by atoms with Crippen LogP contribution in [0.2, 0.25) is 0 Å². The lowest BCUT2D eigenvalue weighted by Crippen LogP contribution is -1.96. The normalized spacial score (nSPS) is 11.6. The van der Waals surface area contributed by atoms with Crippen molar-refractivity contribution in [1.29, 1.82) is 0 Å². The van der Waals surface area contributed by atoms with E-state index in [1.807, 2.05) is 0 Å². The molecule has 0 radical (unpaired) electrons. The molecule has 11 aromatic rings. The Bertz CT molecular complexity index is 3210. The molecule has 0 aliphatic heterocycles. The minimum atomic E-state index is 1.14. The van der Waals surface area contributed by atoms with Gasteiger partial charge in [-0.25, -0.2) is 0 Å². The van der Waals surface area contributed by atoms with Crippen LogP contribution in [0.3, 0.4) is 0 Å². The number of fused-ring (bicyclic) bond motifs is 6. The van der Waals surface area contributed by atoms with Crippen molar-refractivity contribution in [3.8, 4) is 55.9 Å². The van der Waals surface area contributed by atoms with Crippen LogP contribution >= 0.6 is 0 Å². The van der Waals surface area contributed by atoms with Crippen LogP contribution in [0.4, 0.5) is 0 Å². The Kier molecular flexibility index (Phi) is 7.53. The van der Waals surface area contributed by atoms with Crippen LogP contribution in [0, 0.1) is 0 Å². The molecule has 11 rings (SSSR count). The average molecular weight is 713 g/mol. The van der Waals surface area contributed by atoms with Crippen LogP contribution in [0.25, 0.3) is 99.5 Å². The van der Waals surface area contributed by atoms with Crippen molar-refractivity contribution >= 4 is 43.6 Å². The summed E-state index contributed by atoms with van der Waals surface area (Å²) in [6.07, 6.45) is 0. The van der Waals surface area contributed by atoms with Gasteiger partial charge in [-0.3, -0.25) is 0 Å². The van der Waals surface area contributed by atoms with Crippen LogP contribution in [0.5, 0.6) is 0 Å². The van der Waals surface area contributed by atoms with Gasteiger partial charge in [-0.2, -0.15) is 0 Å². The highest BCUT2D eigenvalue weighted by Gasteiger charge is 2.17. The van der Waals surface area contributed by atoms with Gasteiger partial charge in [-0.05, 0) is 105 Å². The lowest BCUT2D eigenvalue weighted by atomic mass is 9.96. The molecule has 0 atom stereocenters. The van der Waals surface area contributed by atoms with E-state index in [0.29, 0.717) is 0 Å². The highest BCUT2D eigenvalue weighted by atomic mass is 15.0. The molecule has 0 saturated carbocycles. The van der Waals surface area contributed by atoms with E-state index < -0.39 is 0 Å². The molecule has 0 N–H and O–H groups in total. The fraction of sp³-hybridized carbons (Fsp3) is 0. The van der Waals surface area contributed by atoms with E-state index in [1.54, 1.807) is 0 Å². The first-order valence-electron chi connectivity index (χ1n) is 19.3. The van der Waals surface area contributed by atoms with Gasteiger partial charge in [0.25, 0.3) is 0 Å². The summed E-state index contributed by atoms with van der Waals surface area (Å²) >= 11 is 0. The zero-order chi connectivity index (χ0) is 37.0. The molecule has 0 fully saturated rings. The standard InChI is InChI=1S/C54H36N2/c1-4-14-37(15-5-1)39-24-26-40(27-25-39)44-32-43(38-16-6-2-7-17-38)33-46(34-44)56-51-22-12-10-20-47(51)49-30-28-42(36-54(49)56)41-29-31-53-50(35-41)48-21-11-13-23-52(48)55(53)45-18-8-3-9-19-45/h1-36H. The van der Waals surface area contributed by atoms with Crippen LogP contribution < -0.4 is 0 Å².